The molecule has 2 heterocycles. The van der Waals surface area contributed by atoms with Gasteiger partial charge in [-0.2, -0.15) is 0 Å². The highest BCUT2D eigenvalue weighted by Crippen LogP contribution is 2.32. The van der Waals surface area contributed by atoms with Crippen molar-refractivity contribution < 1.29 is 0 Å². The SMILES string of the molecule is CCC1CN(CC2CCC3CCCCC3N2)CCN1C. The van der Waals surface area contributed by atoms with Gasteiger partial charge in [0.2, 0.25) is 0 Å². The topological polar surface area (TPSA) is 18.5 Å². The highest BCUT2D eigenvalue weighted by molar-refractivity contribution is 4.91. The van der Waals surface area contributed by atoms with Crippen molar-refractivity contribution in [1.82, 2.24) is 15.1 Å². The number of nitrogens with zero attached hydrogens (tertiary/aromatic N) is 2. The van der Waals surface area contributed by atoms with Gasteiger partial charge in [0.1, 0.15) is 0 Å². The summed E-state index contributed by atoms with van der Waals surface area (Å²) in [4.78, 5) is 5.26. The molecule has 3 aliphatic rings. The number of likely N-dealkylation sites (N-methyl/N-ethyl adjacent to an activating group) is 1. The third kappa shape index (κ3) is 3.37. The fourth-order valence-electron chi connectivity index (χ4n) is 4.65. The molecule has 4 atom stereocenters. The van der Waals surface area contributed by atoms with E-state index in [2.05, 4.69) is 29.1 Å². The first-order valence-corrected chi connectivity index (χ1v) is 8.95. The number of piperazine rings is 1. The Bertz CT molecular complexity index is 307. The van der Waals surface area contributed by atoms with Crippen LogP contribution in [0.2, 0.25) is 0 Å². The van der Waals surface area contributed by atoms with Crippen molar-refractivity contribution in [3.63, 3.8) is 0 Å². The standard InChI is InChI=1S/C17H33N3/c1-3-16-13-20(11-10-19(16)2)12-15-9-8-14-6-4-5-7-17(14)18-15/h14-18H,3-13H2,1-2H3. The molecule has 3 fully saturated rings. The molecule has 3 rings (SSSR count). The molecule has 1 N–H and O–H groups in total. The maximum absolute atomic E-state index is 3.99. The van der Waals surface area contributed by atoms with Gasteiger partial charge in [-0.1, -0.05) is 19.8 Å². The third-order valence-corrected chi connectivity index (χ3v) is 6.06. The van der Waals surface area contributed by atoms with Crippen LogP contribution in [0.1, 0.15) is 51.9 Å². The van der Waals surface area contributed by atoms with Crippen LogP contribution >= 0.6 is 0 Å². The quantitative estimate of drug-likeness (QED) is 0.855. The lowest BCUT2D eigenvalue weighted by Gasteiger charge is -2.44. The van der Waals surface area contributed by atoms with E-state index in [1.54, 1.807) is 0 Å². The lowest BCUT2D eigenvalue weighted by Crippen LogP contribution is -2.57. The molecule has 0 spiro atoms. The molecule has 0 aromatic rings. The number of fused-ring (bicyclic) bond motifs is 1. The molecule has 2 aliphatic heterocycles. The second kappa shape index (κ2) is 6.76. The Morgan fingerprint density at radius 2 is 1.90 bits per heavy atom. The van der Waals surface area contributed by atoms with Crippen molar-refractivity contribution in [2.24, 2.45) is 5.92 Å². The Morgan fingerprint density at radius 1 is 1.05 bits per heavy atom. The summed E-state index contributed by atoms with van der Waals surface area (Å²) < 4.78 is 0. The number of hydrogen-bond donors (Lipinski definition) is 1. The van der Waals surface area contributed by atoms with Gasteiger partial charge in [-0.05, 0) is 45.1 Å². The van der Waals surface area contributed by atoms with Crippen LogP contribution in [-0.2, 0) is 0 Å². The molecule has 2 saturated heterocycles. The van der Waals surface area contributed by atoms with Crippen LogP contribution in [-0.4, -0.2) is 61.2 Å². The molecule has 0 aromatic carbocycles. The molecule has 1 aliphatic carbocycles. The number of hydrogen-bond acceptors (Lipinski definition) is 3. The summed E-state index contributed by atoms with van der Waals surface area (Å²) >= 11 is 0. The van der Waals surface area contributed by atoms with E-state index in [1.165, 1.54) is 71.1 Å². The summed E-state index contributed by atoms with van der Waals surface area (Å²) in [5, 5.41) is 3.99. The molecule has 0 bridgehead atoms. The fourth-order valence-corrected chi connectivity index (χ4v) is 4.65. The van der Waals surface area contributed by atoms with Crippen LogP contribution in [0.15, 0.2) is 0 Å². The first kappa shape index (κ1) is 14.8. The van der Waals surface area contributed by atoms with Crippen LogP contribution in [0.5, 0.6) is 0 Å². The lowest BCUT2D eigenvalue weighted by molar-refractivity contribution is 0.0724. The Kier molecular flexibility index (Phi) is 5.00. The Morgan fingerprint density at radius 3 is 2.75 bits per heavy atom. The van der Waals surface area contributed by atoms with Crippen LogP contribution in [0, 0.1) is 5.92 Å². The molecule has 0 amide bonds. The lowest BCUT2D eigenvalue weighted by atomic mass is 9.77. The molecule has 1 saturated carbocycles. The van der Waals surface area contributed by atoms with Crippen molar-refractivity contribution in [1.29, 1.82) is 0 Å². The minimum Gasteiger partial charge on any atom is -0.310 e. The Labute approximate surface area is 125 Å². The second-order valence-electron chi connectivity index (χ2n) is 7.39. The van der Waals surface area contributed by atoms with Gasteiger partial charge in [-0.15, -0.1) is 0 Å². The van der Waals surface area contributed by atoms with E-state index in [1.807, 2.05) is 0 Å². The fraction of sp³-hybridized carbons (Fsp3) is 1.00. The van der Waals surface area contributed by atoms with Crippen LogP contribution < -0.4 is 5.32 Å². The van der Waals surface area contributed by atoms with Crippen LogP contribution in [0.25, 0.3) is 0 Å². The maximum atomic E-state index is 3.99. The highest BCUT2D eigenvalue weighted by atomic mass is 15.3. The maximum Gasteiger partial charge on any atom is 0.0218 e. The predicted octanol–water partition coefficient (Wildman–Crippen LogP) is 2.32. The van der Waals surface area contributed by atoms with Gasteiger partial charge in [0, 0.05) is 44.3 Å². The number of rotatable bonds is 3. The van der Waals surface area contributed by atoms with Crippen molar-refractivity contribution in [3.05, 3.63) is 0 Å². The first-order valence-electron chi connectivity index (χ1n) is 8.95. The number of nitrogens with one attached hydrogen (secondary N) is 1. The van der Waals surface area contributed by atoms with E-state index in [0.29, 0.717) is 0 Å². The van der Waals surface area contributed by atoms with Crippen molar-refractivity contribution in [2.45, 2.75) is 70.0 Å². The van der Waals surface area contributed by atoms with Crippen molar-refractivity contribution in [3.8, 4) is 0 Å². The van der Waals surface area contributed by atoms with Crippen LogP contribution in [0.4, 0.5) is 0 Å². The first-order chi connectivity index (χ1) is 9.76. The van der Waals surface area contributed by atoms with Gasteiger partial charge in [-0.25, -0.2) is 0 Å². The summed E-state index contributed by atoms with van der Waals surface area (Å²) in [5.74, 6) is 0.996. The highest BCUT2D eigenvalue weighted by Gasteiger charge is 2.33. The normalized spacial score (nSPS) is 40.5. The average Bonchev–Trinajstić information content (AvgIpc) is 2.49. The molecule has 3 heteroatoms. The van der Waals surface area contributed by atoms with Gasteiger partial charge in [-0.3, -0.25) is 4.90 Å². The Balaban J connectivity index is 1.48. The summed E-state index contributed by atoms with van der Waals surface area (Å²) in [6, 6.07) is 2.38. The largest absolute Gasteiger partial charge is 0.310 e. The Hall–Kier alpha value is -0.120. The second-order valence-corrected chi connectivity index (χ2v) is 7.39. The molecule has 4 unspecified atom stereocenters. The summed E-state index contributed by atoms with van der Waals surface area (Å²) in [6.07, 6.45) is 10.0. The van der Waals surface area contributed by atoms with Gasteiger partial charge in [0.15, 0.2) is 0 Å². The monoisotopic (exact) mass is 279 g/mol. The van der Waals surface area contributed by atoms with Gasteiger partial charge < -0.3 is 10.2 Å². The number of piperidine rings is 1. The molecular weight excluding hydrogens is 246 g/mol. The van der Waals surface area contributed by atoms with Crippen molar-refractivity contribution in [2.75, 3.05) is 33.2 Å². The minimum atomic E-state index is 0.760. The zero-order valence-electron chi connectivity index (χ0n) is 13.5. The molecule has 20 heavy (non-hydrogen) atoms. The van der Waals surface area contributed by atoms with Gasteiger partial charge in [0.25, 0.3) is 0 Å². The summed E-state index contributed by atoms with van der Waals surface area (Å²) in [5.41, 5.74) is 0. The zero-order chi connectivity index (χ0) is 13.9. The average molecular weight is 279 g/mol. The van der Waals surface area contributed by atoms with Crippen LogP contribution in [0.3, 0.4) is 0 Å². The van der Waals surface area contributed by atoms with E-state index < -0.39 is 0 Å². The minimum absolute atomic E-state index is 0.760. The van der Waals surface area contributed by atoms with Gasteiger partial charge in [0.05, 0.1) is 0 Å². The smallest absolute Gasteiger partial charge is 0.0218 e. The van der Waals surface area contributed by atoms with Crippen molar-refractivity contribution >= 4 is 0 Å². The van der Waals surface area contributed by atoms with E-state index in [4.69, 9.17) is 0 Å². The molecule has 0 radical (unpaired) electrons. The molecule has 3 nitrogen and oxygen atoms in total. The van der Waals surface area contributed by atoms with E-state index in [-0.39, 0.29) is 0 Å². The summed E-state index contributed by atoms with van der Waals surface area (Å²) in [6.45, 7) is 7.40. The zero-order valence-corrected chi connectivity index (χ0v) is 13.5. The van der Waals surface area contributed by atoms with E-state index in [0.717, 1.165) is 24.0 Å². The predicted molar refractivity (Wildman–Crippen MR) is 85.1 cm³/mol. The summed E-state index contributed by atoms with van der Waals surface area (Å²) in [7, 11) is 2.29. The third-order valence-electron chi connectivity index (χ3n) is 6.06. The molecular formula is C17H33N3. The molecule has 116 valence electrons. The van der Waals surface area contributed by atoms with E-state index >= 15 is 0 Å². The van der Waals surface area contributed by atoms with Gasteiger partial charge >= 0.3 is 0 Å². The van der Waals surface area contributed by atoms with E-state index in [9.17, 15) is 0 Å². The molecule has 0 aromatic heterocycles.